The van der Waals surface area contributed by atoms with Crippen LogP contribution in [0.1, 0.15) is 19.8 Å². The Morgan fingerprint density at radius 3 is 1.57 bits per heavy atom. The molecule has 0 rings (SSSR count). The van der Waals surface area contributed by atoms with Crippen LogP contribution in [0.5, 0.6) is 0 Å². The molecule has 0 radical (unpaired) electrons. The lowest BCUT2D eigenvalue weighted by Crippen LogP contribution is -2.59. The molecule has 0 aliphatic rings. The third kappa shape index (κ3) is 9.26. The molecule has 0 aliphatic carbocycles. The third-order valence-corrected chi connectivity index (χ3v) is 3.64. The van der Waals surface area contributed by atoms with Crippen molar-refractivity contribution in [2.75, 3.05) is 6.61 Å². The first-order chi connectivity index (χ1) is 13.8. The van der Waals surface area contributed by atoms with Gasteiger partial charge in [-0.1, -0.05) is 0 Å². The van der Waals surface area contributed by atoms with Crippen molar-refractivity contribution in [3.05, 3.63) is 0 Å². The van der Waals surface area contributed by atoms with E-state index in [0.717, 1.165) is 0 Å². The Morgan fingerprint density at radius 1 is 0.767 bits per heavy atom. The van der Waals surface area contributed by atoms with Gasteiger partial charge in [0.2, 0.25) is 17.7 Å². The van der Waals surface area contributed by atoms with Gasteiger partial charge in [-0.05, 0) is 6.92 Å². The molecule has 3 amide bonds. The van der Waals surface area contributed by atoms with Crippen molar-refractivity contribution in [3.63, 3.8) is 0 Å². The summed E-state index contributed by atoms with van der Waals surface area (Å²) in [4.78, 5) is 68.8. The molecule has 15 heteroatoms. The van der Waals surface area contributed by atoms with Crippen molar-refractivity contribution in [1.29, 1.82) is 0 Å². The number of hydrogen-bond donors (Lipinski definition) is 9. The maximum absolute atomic E-state index is 12.3. The van der Waals surface area contributed by atoms with E-state index < -0.39 is 85.3 Å². The predicted molar refractivity (Wildman–Crippen MR) is 94.7 cm³/mol. The summed E-state index contributed by atoms with van der Waals surface area (Å²) in [5.41, 5.74) is 5.39. The second kappa shape index (κ2) is 12.3. The summed E-state index contributed by atoms with van der Waals surface area (Å²) in [7, 11) is 0. The van der Waals surface area contributed by atoms with E-state index in [1.165, 1.54) is 6.92 Å². The zero-order valence-corrected chi connectivity index (χ0v) is 15.8. The molecule has 15 nitrogen and oxygen atoms in total. The van der Waals surface area contributed by atoms with Crippen molar-refractivity contribution >= 4 is 35.6 Å². The smallest absolute Gasteiger partial charge is 0.326 e. The van der Waals surface area contributed by atoms with Crippen LogP contribution in [-0.4, -0.2) is 98.0 Å². The van der Waals surface area contributed by atoms with Gasteiger partial charge in [-0.15, -0.1) is 0 Å². The molecule has 170 valence electrons. The first kappa shape index (κ1) is 26.7. The van der Waals surface area contributed by atoms with Crippen LogP contribution in [0.15, 0.2) is 0 Å². The fraction of sp³-hybridized carbons (Fsp3) is 0.600. The summed E-state index contributed by atoms with van der Waals surface area (Å²) in [5.74, 6) is -8.30. The molecule has 0 heterocycles. The van der Waals surface area contributed by atoms with E-state index in [1.54, 1.807) is 0 Å². The van der Waals surface area contributed by atoms with Gasteiger partial charge in [0.05, 0.1) is 25.6 Å². The lowest BCUT2D eigenvalue weighted by Gasteiger charge is -2.23. The number of rotatable bonds is 13. The van der Waals surface area contributed by atoms with E-state index in [2.05, 4.69) is 0 Å². The number of carboxylic acids is 3. The summed E-state index contributed by atoms with van der Waals surface area (Å²) >= 11 is 0. The quantitative estimate of drug-likeness (QED) is 0.132. The molecule has 0 fully saturated rings. The van der Waals surface area contributed by atoms with E-state index in [4.69, 9.17) is 21.1 Å². The fourth-order valence-corrected chi connectivity index (χ4v) is 1.98. The van der Waals surface area contributed by atoms with Crippen molar-refractivity contribution in [3.8, 4) is 0 Å². The predicted octanol–water partition coefficient (Wildman–Crippen LogP) is -4.82. The number of amides is 3. The van der Waals surface area contributed by atoms with Crippen LogP contribution in [-0.2, 0) is 28.8 Å². The van der Waals surface area contributed by atoms with Gasteiger partial charge in [0.15, 0.2) is 0 Å². The largest absolute Gasteiger partial charge is 0.481 e. The van der Waals surface area contributed by atoms with Crippen LogP contribution in [0.25, 0.3) is 0 Å². The number of nitrogens with one attached hydrogen (secondary N) is 3. The zero-order valence-electron chi connectivity index (χ0n) is 15.8. The Balaban J connectivity index is 5.29. The molecule has 10 N–H and O–H groups in total. The molecule has 0 aromatic rings. The van der Waals surface area contributed by atoms with Crippen LogP contribution >= 0.6 is 0 Å². The number of carboxylic acid groups (broad SMARTS) is 3. The van der Waals surface area contributed by atoms with Gasteiger partial charge >= 0.3 is 17.9 Å². The highest BCUT2D eigenvalue weighted by molar-refractivity contribution is 5.96. The van der Waals surface area contributed by atoms with E-state index in [-0.39, 0.29) is 0 Å². The number of nitrogens with two attached hydrogens (primary N) is 1. The van der Waals surface area contributed by atoms with E-state index in [9.17, 15) is 39.0 Å². The Morgan fingerprint density at radius 2 is 1.17 bits per heavy atom. The van der Waals surface area contributed by atoms with Crippen LogP contribution in [0.2, 0.25) is 0 Å². The average molecular weight is 436 g/mol. The van der Waals surface area contributed by atoms with Crippen molar-refractivity contribution < 1.29 is 54.3 Å². The molecule has 0 spiro atoms. The lowest BCUT2D eigenvalue weighted by molar-refractivity contribution is -0.147. The van der Waals surface area contributed by atoms with Gasteiger partial charge in [0.1, 0.15) is 24.2 Å². The highest BCUT2D eigenvalue weighted by Crippen LogP contribution is 1.99. The Bertz CT molecular complexity index is 681. The summed E-state index contributed by atoms with van der Waals surface area (Å²) in [6.45, 7) is 0.122. The van der Waals surface area contributed by atoms with Crippen LogP contribution < -0.4 is 21.7 Å². The van der Waals surface area contributed by atoms with Crippen molar-refractivity contribution in [2.24, 2.45) is 5.73 Å². The number of carbonyl (C=O) groups is 6. The minimum Gasteiger partial charge on any atom is -0.481 e. The minimum atomic E-state index is -1.86. The van der Waals surface area contributed by atoms with Crippen LogP contribution in [0.3, 0.4) is 0 Å². The first-order valence-electron chi connectivity index (χ1n) is 8.42. The van der Waals surface area contributed by atoms with E-state index in [1.807, 2.05) is 16.0 Å². The Kier molecular flexibility index (Phi) is 10.9. The highest BCUT2D eigenvalue weighted by Gasteiger charge is 2.32. The van der Waals surface area contributed by atoms with Gasteiger partial charge in [-0.25, -0.2) is 4.79 Å². The molecule has 0 aromatic carbocycles. The summed E-state index contributed by atoms with van der Waals surface area (Å²) in [6.07, 6.45) is -3.25. The first-order valence-corrected chi connectivity index (χ1v) is 8.42. The molecule has 0 aliphatic heterocycles. The maximum Gasteiger partial charge on any atom is 0.326 e. The van der Waals surface area contributed by atoms with Gasteiger partial charge in [-0.2, -0.15) is 0 Å². The third-order valence-electron chi connectivity index (χ3n) is 3.64. The number of hydrogen-bond acceptors (Lipinski definition) is 9. The normalized spacial score (nSPS) is 15.6. The molecular formula is C15H24N4O11. The monoisotopic (exact) mass is 436 g/mol. The topological polar surface area (TPSA) is 266 Å². The minimum absolute atomic E-state index is 0.944. The zero-order chi connectivity index (χ0) is 23.6. The number of aliphatic hydroxyl groups is 2. The molecule has 0 saturated carbocycles. The van der Waals surface area contributed by atoms with Gasteiger partial charge < -0.3 is 47.2 Å². The number of aliphatic carboxylic acids is 3. The van der Waals surface area contributed by atoms with Crippen LogP contribution in [0.4, 0.5) is 0 Å². The van der Waals surface area contributed by atoms with E-state index in [0.29, 0.717) is 0 Å². The van der Waals surface area contributed by atoms with Crippen molar-refractivity contribution in [1.82, 2.24) is 16.0 Å². The standard InChI is InChI=1S/C15H24N4O11/c1-5(21)11(16)14(28)17-6(2-9(22)23)12(26)19-8(4-20)13(27)18-7(15(29)30)3-10(24)25/h5-8,11,20-21H,2-4,16H2,1H3,(H,17,28)(H,18,27)(H,19,26)(H,22,23)(H,24,25)(H,29,30). The number of aliphatic hydroxyl groups excluding tert-OH is 2. The number of carbonyl (C=O) groups excluding carboxylic acids is 3. The lowest BCUT2D eigenvalue weighted by atomic mass is 10.1. The molecule has 30 heavy (non-hydrogen) atoms. The Labute approximate surface area is 169 Å². The summed E-state index contributed by atoms with van der Waals surface area (Å²) in [6, 6.07) is -6.89. The summed E-state index contributed by atoms with van der Waals surface area (Å²) < 4.78 is 0. The molecule has 0 bridgehead atoms. The fourth-order valence-electron chi connectivity index (χ4n) is 1.98. The Hall–Kier alpha value is -3.30. The van der Waals surface area contributed by atoms with Gasteiger partial charge in [0, 0.05) is 0 Å². The molecular weight excluding hydrogens is 412 g/mol. The van der Waals surface area contributed by atoms with Crippen molar-refractivity contribution in [2.45, 2.75) is 50.0 Å². The average Bonchev–Trinajstić information content (AvgIpc) is 2.62. The van der Waals surface area contributed by atoms with E-state index >= 15 is 0 Å². The second-order valence-electron chi connectivity index (χ2n) is 6.17. The summed E-state index contributed by atoms with van der Waals surface area (Å²) in [5, 5.41) is 50.8. The molecule has 0 aromatic heterocycles. The van der Waals surface area contributed by atoms with Gasteiger partial charge in [0.25, 0.3) is 0 Å². The molecule has 5 unspecified atom stereocenters. The highest BCUT2D eigenvalue weighted by atomic mass is 16.4. The van der Waals surface area contributed by atoms with Gasteiger partial charge in [-0.3, -0.25) is 24.0 Å². The molecule has 0 saturated heterocycles. The van der Waals surface area contributed by atoms with Crippen LogP contribution in [0, 0.1) is 0 Å². The maximum atomic E-state index is 12.3. The SMILES string of the molecule is CC(O)C(N)C(=O)NC(CC(=O)O)C(=O)NC(CO)C(=O)NC(CC(=O)O)C(=O)O. The second-order valence-corrected chi connectivity index (χ2v) is 6.17. The molecule has 5 atom stereocenters.